The smallest absolute Gasteiger partial charge is 0.310 e. The number of benzene rings is 2. The summed E-state index contributed by atoms with van der Waals surface area (Å²) in [4.78, 5) is 17.2. The number of likely N-dealkylation sites (tertiary alicyclic amines) is 2. The number of carbonyl (C=O) groups is 1. The molecule has 7 heteroatoms. The highest BCUT2D eigenvalue weighted by molar-refractivity contribution is 5.74. The molecule has 2 aliphatic heterocycles. The zero-order valence-electron chi connectivity index (χ0n) is 25.5. The fourth-order valence-electron chi connectivity index (χ4n) is 7.36. The van der Waals surface area contributed by atoms with Gasteiger partial charge in [-0.05, 0) is 80.9 Å². The summed E-state index contributed by atoms with van der Waals surface area (Å²) in [5, 5.41) is 15.0. The summed E-state index contributed by atoms with van der Waals surface area (Å²) in [5.41, 5.74) is 4.08. The van der Waals surface area contributed by atoms with Gasteiger partial charge in [0.25, 0.3) is 0 Å². The Hall–Kier alpha value is -3.03. The first kappa shape index (κ1) is 30.4. The van der Waals surface area contributed by atoms with Crippen molar-refractivity contribution in [2.75, 3.05) is 39.3 Å². The van der Waals surface area contributed by atoms with Gasteiger partial charge in [-0.2, -0.15) is 5.10 Å². The molecule has 2 aliphatic rings. The van der Waals surface area contributed by atoms with E-state index >= 15 is 0 Å². The monoisotopic (exact) mass is 574 g/mol. The Morgan fingerprint density at radius 1 is 0.976 bits per heavy atom. The van der Waals surface area contributed by atoms with Crippen LogP contribution in [0, 0.1) is 17.2 Å². The Balaban J connectivity index is 1.25. The number of hydrogen-bond acceptors (Lipinski definition) is 4. The first-order chi connectivity index (χ1) is 20.3. The predicted molar refractivity (Wildman–Crippen MR) is 165 cm³/mol. The molecule has 0 aliphatic carbocycles. The van der Waals surface area contributed by atoms with Crippen molar-refractivity contribution in [3.8, 4) is 0 Å². The van der Waals surface area contributed by atoms with E-state index in [-0.39, 0.29) is 11.7 Å². The molecule has 5 rings (SSSR count). The Kier molecular flexibility index (Phi) is 9.79. The number of piperidine rings is 1. The third kappa shape index (κ3) is 6.78. The normalized spacial score (nSPS) is 20.8. The molecule has 2 fully saturated rings. The lowest BCUT2D eigenvalue weighted by Crippen LogP contribution is -2.42. The summed E-state index contributed by atoms with van der Waals surface area (Å²) in [6, 6.07) is 19.9. The van der Waals surface area contributed by atoms with Crippen LogP contribution in [0.5, 0.6) is 0 Å². The number of carboxylic acid groups (broad SMARTS) is 1. The number of hydrogen-bond donors (Lipinski definition) is 1. The molecular formula is C35H47FN4O2. The molecule has 42 heavy (non-hydrogen) atoms. The Morgan fingerprint density at radius 3 is 2.36 bits per heavy atom. The van der Waals surface area contributed by atoms with Crippen molar-refractivity contribution in [3.05, 3.63) is 89.0 Å². The van der Waals surface area contributed by atoms with Crippen LogP contribution >= 0.6 is 0 Å². The molecular weight excluding hydrogens is 527 g/mol. The first-order valence-electron chi connectivity index (χ1n) is 15.9. The van der Waals surface area contributed by atoms with Crippen molar-refractivity contribution in [1.82, 2.24) is 19.6 Å². The zero-order valence-corrected chi connectivity index (χ0v) is 25.5. The van der Waals surface area contributed by atoms with E-state index in [0.29, 0.717) is 31.2 Å². The van der Waals surface area contributed by atoms with Crippen LogP contribution in [0.3, 0.4) is 0 Å². The van der Waals surface area contributed by atoms with Gasteiger partial charge in [0.1, 0.15) is 5.82 Å². The highest BCUT2D eigenvalue weighted by atomic mass is 19.1. The number of aliphatic carboxylic acids is 1. The molecule has 0 spiro atoms. The molecule has 0 bridgehead atoms. The van der Waals surface area contributed by atoms with E-state index in [0.717, 1.165) is 69.8 Å². The van der Waals surface area contributed by atoms with Crippen LogP contribution in [0.1, 0.15) is 80.8 Å². The van der Waals surface area contributed by atoms with Gasteiger partial charge < -0.3 is 14.9 Å². The van der Waals surface area contributed by atoms with Gasteiger partial charge in [-0.15, -0.1) is 0 Å². The number of aromatic nitrogens is 2. The van der Waals surface area contributed by atoms with Gasteiger partial charge >= 0.3 is 5.97 Å². The minimum absolute atomic E-state index is 0.195. The van der Waals surface area contributed by atoms with Crippen LogP contribution in [0.4, 0.5) is 4.39 Å². The summed E-state index contributed by atoms with van der Waals surface area (Å²) in [6.45, 7) is 12.2. The zero-order chi connectivity index (χ0) is 29.7. The fraction of sp³-hybridized carbons (Fsp3) is 0.543. The van der Waals surface area contributed by atoms with Crippen molar-refractivity contribution in [2.45, 2.75) is 71.3 Å². The molecule has 0 amide bonds. The van der Waals surface area contributed by atoms with Gasteiger partial charge in [-0.3, -0.25) is 9.48 Å². The standard InChI is InChI=1S/C35H47FN4O2/c1-4-35(5-2,34(41)42)25-39-23-29(32(24-39)28-13-10-14-30(36)20-28)22-38-17-15-27(16-18-38)33-21-31(37-40(33)6-3)19-26-11-8-7-9-12-26/h7-14,20-21,27,29,32H,4-6,15-19,22-25H2,1-3H3,(H,41,42)/t29-,32-/m1/s1. The van der Waals surface area contributed by atoms with Crippen LogP contribution in [0.2, 0.25) is 0 Å². The van der Waals surface area contributed by atoms with E-state index in [1.807, 2.05) is 19.9 Å². The maximum Gasteiger partial charge on any atom is 0.310 e. The van der Waals surface area contributed by atoms with Crippen molar-refractivity contribution in [3.63, 3.8) is 0 Å². The second-order valence-electron chi connectivity index (χ2n) is 12.5. The van der Waals surface area contributed by atoms with Crippen LogP contribution in [-0.4, -0.2) is 69.9 Å². The van der Waals surface area contributed by atoms with Crippen molar-refractivity contribution < 1.29 is 14.3 Å². The average Bonchev–Trinajstić information content (AvgIpc) is 3.60. The van der Waals surface area contributed by atoms with E-state index in [9.17, 15) is 14.3 Å². The predicted octanol–water partition coefficient (Wildman–Crippen LogP) is 6.42. The number of aryl methyl sites for hydroxylation is 1. The first-order valence-corrected chi connectivity index (χ1v) is 15.9. The summed E-state index contributed by atoms with van der Waals surface area (Å²) in [6.07, 6.45) is 4.29. The molecule has 3 heterocycles. The molecule has 2 atom stereocenters. The molecule has 1 N–H and O–H groups in total. The van der Waals surface area contributed by atoms with Gasteiger partial charge in [0, 0.05) is 56.7 Å². The molecule has 226 valence electrons. The quantitative estimate of drug-likeness (QED) is 0.271. The van der Waals surface area contributed by atoms with Gasteiger partial charge in [0.15, 0.2) is 0 Å². The lowest BCUT2D eigenvalue weighted by Gasteiger charge is -2.35. The summed E-state index contributed by atoms with van der Waals surface area (Å²) >= 11 is 0. The Bertz CT molecular complexity index is 1310. The van der Waals surface area contributed by atoms with Crippen LogP contribution < -0.4 is 0 Å². The van der Waals surface area contributed by atoms with E-state index in [1.165, 1.54) is 17.3 Å². The lowest BCUT2D eigenvalue weighted by molar-refractivity contribution is -0.150. The van der Waals surface area contributed by atoms with Crippen molar-refractivity contribution in [1.29, 1.82) is 0 Å². The summed E-state index contributed by atoms with van der Waals surface area (Å²) in [5.74, 6) is 0.121. The number of carboxylic acids is 1. The Labute approximate surface area is 250 Å². The number of halogens is 1. The van der Waals surface area contributed by atoms with E-state index in [4.69, 9.17) is 5.10 Å². The van der Waals surface area contributed by atoms with Crippen molar-refractivity contribution >= 4 is 5.97 Å². The molecule has 3 aromatic rings. The molecule has 0 saturated carbocycles. The van der Waals surface area contributed by atoms with E-state index in [1.54, 1.807) is 12.1 Å². The van der Waals surface area contributed by atoms with Gasteiger partial charge in [0.05, 0.1) is 11.1 Å². The number of rotatable bonds is 12. The summed E-state index contributed by atoms with van der Waals surface area (Å²) in [7, 11) is 0. The van der Waals surface area contributed by atoms with Gasteiger partial charge in [-0.1, -0.05) is 56.3 Å². The minimum atomic E-state index is -0.735. The van der Waals surface area contributed by atoms with Crippen LogP contribution in [0.25, 0.3) is 0 Å². The highest BCUT2D eigenvalue weighted by Crippen LogP contribution is 2.38. The second kappa shape index (κ2) is 13.5. The van der Waals surface area contributed by atoms with Gasteiger partial charge in [-0.25, -0.2) is 4.39 Å². The summed E-state index contributed by atoms with van der Waals surface area (Å²) < 4.78 is 16.5. The SMILES string of the molecule is CCn1nc(Cc2ccccc2)cc1C1CCN(C[C@@H]2CN(CC(CC)(CC)C(=O)O)C[C@@H]2c2cccc(F)c2)CC1. The Morgan fingerprint density at radius 2 is 1.71 bits per heavy atom. The van der Waals surface area contributed by atoms with E-state index in [2.05, 4.69) is 57.8 Å². The highest BCUT2D eigenvalue weighted by Gasteiger charge is 2.42. The van der Waals surface area contributed by atoms with Crippen LogP contribution in [-0.2, 0) is 17.8 Å². The lowest BCUT2D eigenvalue weighted by atomic mass is 9.82. The molecule has 0 unspecified atom stereocenters. The maximum atomic E-state index is 14.3. The van der Waals surface area contributed by atoms with Crippen molar-refractivity contribution in [2.24, 2.45) is 11.3 Å². The molecule has 1 aromatic heterocycles. The molecule has 2 aromatic carbocycles. The fourth-order valence-corrected chi connectivity index (χ4v) is 7.36. The largest absolute Gasteiger partial charge is 0.481 e. The average molecular weight is 575 g/mol. The molecule has 2 saturated heterocycles. The third-order valence-corrected chi connectivity index (χ3v) is 10.0. The number of nitrogens with zero attached hydrogens (tertiary/aromatic N) is 4. The topological polar surface area (TPSA) is 61.6 Å². The second-order valence-corrected chi connectivity index (χ2v) is 12.5. The van der Waals surface area contributed by atoms with Crippen LogP contribution in [0.15, 0.2) is 60.7 Å². The maximum absolute atomic E-state index is 14.3. The minimum Gasteiger partial charge on any atom is -0.481 e. The molecule has 6 nitrogen and oxygen atoms in total. The van der Waals surface area contributed by atoms with Gasteiger partial charge in [0.2, 0.25) is 0 Å². The third-order valence-electron chi connectivity index (χ3n) is 10.0. The van der Waals surface area contributed by atoms with E-state index < -0.39 is 11.4 Å². The molecule has 0 radical (unpaired) electrons.